The maximum atomic E-state index is 13.8. The molecular weight excluding hydrogens is 449 g/mol. The van der Waals surface area contributed by atoms with E-state index in [1.165, 1.54) is 14.0 Å². The lowest BCUT2D eigenvalue weighted by Crippen LogP contribution is -2.56. The fourth-order valence-corrected chi connectivity index (χ4v) is 3.97. The molecule has 0 radical (unpaired) electrons. The minimum atomic E-state index is -5.73. The van der Waals surface area contributed by atoms with Gasteiger partial charge in [0.25, 0.3) is 0 Å². The van der Waals surface area contributed by atoms with Crippen molar-refractivity contribution in [3.05, 3.63) is 33.8 Å². The zero-order chi connectivity index (χ0) is 19.6. The lowest BCUT2D eigenvalue weighted by Gasteiger charge is -2.30. The Morgan fingerprint density at radius 1 is 1.44 bits per heavy atom. The summed E-state index contributed by atoms with van der Waals surface area (Å²) in [6, 6.07) is 3.06. The third-order valence-corrected chi connectivity index (χ3v) is 5.56. The molecule has 25 heavy (non-hydrogen) atoms. The topological polar surface area (TPSA) is 139 Å². The Bertz CT molecular complexity index is 746. The largest absolute Gasteiger partial charge is 0.760 e. The van der Waals surface area contributed by atoms with Crippen LogP contribution in [0.3, 0.4) is 0 Å². The molecule has 2 atom stereocenters. The van der Waals surface area contributed by atoms with Gasteiger partial charge >= 0.3 is 13.3 Å². The van der Waals surface area contributed by atoms with E-state index in [1.807, 2.05) is 0 Å². The summed E-state index contributed by atoms with van der Waals surface area (Å²) in [4.78, 5) is 29.5. The van der Waals surface area contributed by atoms with E-state index in [2.05, 4.69) is 26.0 Å². The molecule has 13 heteroatoms. The van der Waals surface area contributed by atoms with E-state index >= 15 is 0 Å². The van der Waals surface area contributed by atoms with E-state index in [0.717, 1.165) is 18.2 Å². The van der Waals surface area contributed by atoms with Crippen molar-refractivity contribution in [3.8, 4) is 0 Å². The van der Waals surface area contributed by atoms with E-state index in [1.54, 1.807) is 0 Å². The van der Waals surface area contributed by atoms with Gasteiger partial charge in [-0.3, -0.25) is 13.6 Å². The Labute approximate surface area is 153 Å². The number of amides is 1. The van der Waals surface area contributed by atoms with Crippen LogP contribution >= 0.6 is 23.5 Å². The van der Waals surface area contributed by atoms with Gasteiger partial charge in [-0.25, -0.2) is 4.72 Å². The van der Waals surface area contributed by atoms with E-state index in [4.69, 9.17) is 9.79 Å². The molecule has 0 saturated heterocycles. The molecule has 0 saturated carbocycles. The fraction of sp³-hybridized carbons (Fsp3) is 0.417. The van der Waals surface area contributed by atoms with Crippen molar-refractivity contribution in [3.63, 3.8) is 0 Å². The van der Waals surface area contributed by atoms with Crippen molar-refractivity contribution in [1.82, 2.24) is 10.0 Å². The Morgan fingerprint density at radius 2 is 2.00 bits per heavy atom. The van der Waals surface area contributed by atoms with Crippen LogP contribution in [-0.4, -0.2) is 37.0 Å². The minimum absolute atomic E-state index is 0.193. The van der Waals surface area contributed by atoms with Crippen LogP contribution in [0, 0.1) is 0 Å². The Morgan fingerprint density at radius 3 is 2.40 bits per heavy atom. The monoisotopic (exact) mass is 463 g/mol. The molecule has 0 spiro atoms. The molecule has 4 N–H and O–H groups in total. The number of alkyl halides is 2. The summed E-state index contributed by atoms with van der Waals surface area (Å²) in [6.07, 6.45) is -0.193. The minimum Gasteiger partial charge on any atom is -0.760 e. The van der Waals surface area contributed by atoms with Crippen LogP contribution in [0.5, 0.6) is 0 Å². The van der Waals surface area contributed by atoms with Gasteiger partial charge in [-0.15, -0.1) is 0 Å². The predicted molar refractivity (Wildman–Crippen MR) is 88.3 cm³/mol. The van der Waals surface area contributed by atoms with Crippen LogP contribution in [0.4, 0.5) is 8.78 Å². The van der Waals surface area contributed by atoms with Gasteiger partial charge in [0.2, 0.25) is 5.91 Å². The molecule has 0 aromatic heterocycles. The number of hydrogen-bond donors (Lipinski definition) is 4. The molecule has 0 aliphatic heterocycles. The fourth-order valence-electron chi connectivity index (χ4n) is 2.10. The van der Waals surface area contributed by atoms with Gasteiger partial charge in [-0.2, -0.15) is 8.78 Å². The first kappa shape index (κ1) is 22.3. The van der Waals surface area contributed by atoms with Crippen molar-refractivity contribution in [2.24, 2.45) is 0 Å². The quantitative estimate of drug-likeness (QED) is 0.352. The van der Waals surface area contributed by atoms with Gasteiger partial charge in [0.15, 0.2) is 0 Å². The number of hydrogen-bond acceptors (Lipinski definition) is 4. The molecule has 142 valence electrons. The average Bonchev–Trinajstić information content (AvgIpc) is 2.43. The number of halogens is 3. The summed E-state index contributed by atoms with van der Waals surface area (Å²) in [6.45, 7) is 1.30. The number of carbonyl (C=O) groups is 1. The summed E-state index contributed by atoms with van der Waals surface area (Å²) in [5, 5.41) is 2.29. The van der Waals surface area contributed by atoms with Crippen LogP contribution < -0.4 is 10.0 Å². The van der Waals surface area contributed by atoms with E-state index in [9.17, 15) is 26.9 Å². The van der Waals surface area contributed by atoms with Crippen molar-refractivity contribution in [2.75, 3.05) is 7.05 Å². The van der Waals surface area contributed by atoms with Gasteiger partial charge in [0.05, 0.1) is 0 Å². The SMILES string of the molecule is CNC(=O)C(C)(Cc1ccc(C(F)(F)P(=O)(O)O)c(Br)c1)NS(=O)[O-]. The summed E-state index contributed by atoms with van der Waals surface area (Å²) >= 11 is 0.0599. The van der Waals surface area contributed by atoms with Crippen molar-refractivity contribution in [1.29, 1.82) is 0 Å². The van der Waals surface area contributed by atoms with Crippen LogP contribution in [0.2, 0.25) is 0 Å². The van der Waals surface area contributed by atoms with E-state index < -0.39 is 41.5 Å². The normalized spacial score (nSPS) is 16.2. The number of carbonyl (C=O) groups excluding carboxylic acids is 1. The van der Waals surface area contributed by atoms with Gasteiger partial charge in [-0.05, 0) is 18.6 Å². The molecule has 1 aromatic carbocycles. The first-order valence-electron chi connectivity index (χ1n) is 6.56. The highest BCUT2D eigenvalue weighted by molar-refractivity contribution is 9.10. The van der Waals surface area contributed by atoms with Gasteiger partial charge in [0, 0.05) is 34.8 Å². The summed E-state index contributed by atoms with van der Waals surface area (Å²) < 4.78 is 62.1. The second kappa shape index (κ2) is 7.87. The van der Waals surface area contributed by atoms with Gasteiger partial charge in [0.1, 0.15) is 5.54 Å². The number of benzene rings is 1. The van der Waals surface area contributed by atoms with Gasteiger partial charge in [-0.1, -0.05) is 28.1 Å². The highest BCUT2D eigenvalue weighted by Crippen LogP contribution is 2.60. The van der Waals surface area contributed by atoms with E-state index in [-0.39, 0.29) is 16.5 Å². The standard InChI is InChI=1S/C12H16BrF2N2O6PS/c1-11(10(18)16-2,17-25(22)23)6-7-3-4-8(9(13)5-7)12(14,15)24(19,20)21/h3-5,17H,6H2,1-2H3,(H,16,18)(H,22,23)(H2,19,20,21)/p-1. The van der Waals surface area contributed by atoms with Crippen LogP contribution in [0.25, 0.3) is 0 Å². The Hall–Kier alpha value is -0.750. The molecule has 0 aliphatic rings. The first-order valence-corrected chi connectivity index (χ1v) is 10.0. The third kappa shape index (κ3) is 5.13. The molecule has 1 rings (SSSR count). The summed E-state index contributed by atoms with van der Waals surface area (Å²) in [5.74, 6) is -0.655. The van der Waals surface area contributed by atoms with Crippen molar-refractivity contribution in [2.45, 2.75) is 24.5 Å². The lowest BCUT2D eigenvalue weighted by atomic mass is 9.92. The lowest BCUT2D eigenvalue weighted by molar-refractivity contribution is -0.125. The second-order valence-corrected chi connectivity index (χ2v) is 8.50. The molecular formula is C12H15BrF2N2O6PS-. The maximum Gasteiger partial charge on any atom is 0.399 e. The third-order valence-electron chi connectivity index (χ3n) is 3.32. The first-order chi connectivity index (χ1) is 11.2. The molecule has 1 amide bonds. The van der Waals surface area contributed by atoms with Crippen LogP contribution in [0.1, 0.15) is 18.1 Å². The molecule has 8 nitrogen and oxygen atoms in total. The zero-order valence-corrected chi connectivity index (χ0v) is 16.3. The number of likely N-dealkylation sites (N-methyl/N-ethyl adjacent to an activating group) is 1. The molecule has 0 bridgehead atoms. The maximum absolute atomic E-state index is 13.8. The molecule has 0 heterocycles. The predicted octanol–water partition coefficient (Wildman–Crippen LogP) is 1.11. The van der Waals surface area contributed by atoms with Crippen molar-refractivity contribution < 1.29 is 36.7 Å². The smallest absolute Gasteiger partial charge is 0.399 e. The van der Waals surface area contributed by atoms with Gasteiger partial charge < -0.3 is 19.7 Å². The number of nitrogens with one attached hydrogen (secondary N) is 2. The second-order valence-electron chi connectivity index (χ2n) is 5.32. The average molecular weight is 464 g/mol. The number of rotatable bonds is 7. The molecule has 2 unspecified atom stereocenters. The van der Waals surface area contributed by atoms with E-state index in [0.29, 0.717) is 0 Å². The highest BCUT2D eigenvalue weighted by atomic mass is 79.9. The summed E-state index contributed by atoms with van der Waals surface area (Å²) in [7, 11) is -4.43. The highest BCUT2D eigenvalue weighted by Gasteiger charge is 2.51. The van der Waals surface area contributed by atoms with Crippen LogP contribution in [-0.2, 0) is 32.7 Å². The molecule has 0 fully saturated rings. The van der Waals surface area contributed by atoms with Crippen molar-refractivity contribution >= 4 is 40.7 Å². The Balaban J connectivity index is 3.25. The molecule has 0 aliphatic carbocycles. The van der Waals surface area contributed by atoms with Crippen LogP contribution in [0.15, 0.2) is 22.7 Å². The zero-order valence-electron chi connectivity index (χ0n) is 13.0. The molecule has 1 aromatic rings. The Kier molecular flexibility index (Phi) is 7.01. The summed E-state index contributed by atoms with van der Waals surface area (Å²) in [5.41, 5.74) is -6.63.